The minimum Gasteiger partial charge on any atom is -0.480 e. The molecule has 2 amide bonds. The van der Waals surface area contributed by atoms with E-state index in [0.29, 0.717) is 0 Å². The van der Waals surface area contributed by atoms with Crippen LogP contribution in [0.15, 0.2) is 30.3 Å². The number of imide groups is 1. The third-order valence-electron chi connectivity index (χ3n) is 3.92. The van der Waals surface area contributed by atoms with Crippen LogP contribution in [0.5, 0.6) is 0 Å². The zero-order chi connectivity index (χ0) is 15.1. The first-order valence-corrected chi connectivity index (χ1v) is 6.37. The molecule has 5 heteroatoms. The van der Waals surface area contributed by atoms with Crippen LogP contribution in [-0.4, -0.2) is 33.3 Å². The van der Waals surface area contributed by atoms with E-state index in [1.807, 2.05) is 6.07 Å². The van der Waals surface area contributed by atoms with Crippen molar-refractivity contribution in [3.05, 3.63) is 35.9 Å². The summed E-state index contributed by atoms with van der Waals surface area (Å²) in [5.74, 6) is -2.11. The smallest absolute Gasteiger partial charge is 0.329 e. The molecule has 106 valence electrons. The van der Waals surface area contributed by atoms with E-state index < -0.39 is 28.7 Å². The molecule has 5 nitrogen and oxygen atoms in total. The molecule has 1 saturated heterocycles. The summed E-state index contributed by atoms with van der Waals surface area (Å²) in [6, 6.07) is 8.98. The Kier molecular flexibility index (Phi) is 3.16. The molecule has 1 unspecified atom stereocenters. The summed E-state index contributed by atoms with van der Waals surface area (Å²) in [5.41, 5.74) is -1.81. The fourth-order valence-electron chi connectivity index (χ4n) is 2.51. The van der Waals surface area contributed by atoms with Crippen LogP contribution in [0, 0.1) is 0 Å². The van der Waals surface area contributed by atoms with Crippen LogP contribution in [0.1, 0.15) is 32.8 Å². The number of rotatable bonds is 3. The van der Waals surface area contributed by atoms with Crippen molar-refractivity contribution in [1.29, 1.82) is 0 Å². The molecule has 2 rings (SSSR count). The Hall–Kier alpha value is -2.17. The van der Waals surface area contributed by atoms with Crippen molar-refractivity contribution < 1.29 is 19.5 Å². The molecule has 0 spiro atoms. The van der Waals surface area contributed by atoms with Crippen LogP contribution in [0.25, 0.3) is 0 Å². The average molecular weight is 275 g/mol. The summed E-state index contributed by atoms with van der Waals surface area (Å²) in [6.45, 7) is 4.41. The Morgan fingerprint density at radius 3 is 2.30 bits per heavy atom. The lowest BCUT2D eigenvalue weighted by atomic mass is 9.81. The fraction of sp³-hybridized carbons (Fsp3) is 0.400. The molecule has 0 aromatic heterocycles. The standard InChI is InChI=1S/C15H17NO4/c1-14(2,13(19)20)16-11(17)9-15(3,12(16)18)10-7-5-4-6-8-10/h4-8H,9H2,1-3H3,(H,19,20). The van der Waals surface area contributed by atoms with E-state index in [-0.39, 0.29) is 6.42 Å². The molecule has 0 saturated carbocycles. The molecule has 1 aromatic carbocycles. The van der Waals surface area contributed by atoms with E-state index in [4.69, 9.17) is 0 Å². The number of carbonyl (C=O) groups excluding carboxylic acids is 2. The van der Waals surface area contributed by atoms with Gasteiger partial charge in [-0.1, -0.05) is 30.3 Å². The molecule has 1 fully saturated rings. The van der Waals surface area contributed by atoms with E-state index in [2.05, 4.69) is 0 Å². The number of carboxylic acids is 1. The minimum atomic E-state index is -1.54. The monoisotopic (exact) mass is 275 g/mol. The predicted molar refractivity (Wildman–Crippen MR) is 72.0 cm³/mol. The highest BCUT2D eigenvalue weighted by Crippen LogP contribution is 2.39. The number of amides is 2. The summed E-state index contributed by atoms with van der Waals surface area (Å²) in [7, 11) is 0. The van der Waals surface area contributed by atoms with Gasteiger partial charge in [-0.2, -0.15) is 0 Å². The number of carboxylic acid groups (broad SMARTS) is 1. The minimum absolute atomic E-state index is 0.00738. The zero-order valence-corrected chi connectivity index (χ0v) is 11.7. The second-order valence-corrected chi connectivity index (χ2v) is 5.77. The molecule has 1 aromatic rings. The molecule has 0 radical (unpaired) electrons. The second-order valence-electron chi connectivity index (χ2n) is 5.77. The van der Waals surface area contributed by atoms with Gasteiger partial charge in [-0.25, -0.2) is 4.79 Å². The van der Waals surface area contributed by atoms with E-state index in [9.17, 15) is 19.5 Å². The number of aliphatic carboxylic acids is 1. The molecule has 1 aliphatic heterocycles. The van der Waals surface area contributed by atoms with Crippen LogP contribution in [-0.2, 0) is 19.8 Å². The second kappa shape index (κ2) is 4.44. The van der Waals surface area contributed by atoms with Gasteiger partial charge in [0.15, 0.2) is 0 Å². The number of nitrogens with zero attached hydrogens (tertiary/aromatic N) is 1. The Bertz CT molecular complexity index is 579. The van der Waals surface area contributed by atoms with Crippen molar-refractivity contribution in [3.63, 3.8) is 0 Å². The molecule has 0 bridgehead atoms. The lowest BCUT2D eigenvalue weighted by Gasteiger charge is -2.31. The predicted octanol–water partition coefficient (Wildman–Crippen LogP) is 1.57. The first-order chi connectivity index (χ1) is 9.21. The van der Waals surface area contributed by atoms with Crippen LogP contribution in [0.4, 0.5) is 0 Å². The van der Waals surface area contributed by atoms with E-state index in [0.717, 1.165) is 10.5 Å². The summed E-state index contributed by atoms with van der Waals surface area (Å²) >= 11 is 0. The first-order valence-electron chi connectivity index (χ1n) is 6.37. The summed E-state index contributed by atoms with van der Waals surface area (Å²) < 4.78 is 0. The Morgan fingerprint density at radius 1 is 1.25 bits per heavy atom. The number of likely N-dealkylation sites (tertiary alicyclic amines) is 1. The van der Waals surface area contributed by atoms with Gasteiger partial charge in [-0.05, 0) is 26.3 Å². The molecule has 0 aliphatic carbocycles. The molecule has 1 atom stereocenters. The van der Waals surface area contributed by atoms with Crippen LogP contribution in [0.2, 0.25) is 0 Å². The maximum Gasteiger partial charge on any atom is 0.329 e. The summed E-state index contributed by atoms with van der Waals surface area (Å²) in [5, 5.41) is 9.23. The molecule has 20 heavy (non-hydrogen) atoms. The van der Waals surface area contributed by atoms with E-state index >= 15 is 0 Å². The van der Waals surface area contributed by atoms with Gasteiger partial charge in [0.1, 0.15) is 5.54 Å². The lowest BCUT2D eigenvalue weighted by molar-refractivity contribution is -0.161. The van der Waals surface area contributed by atoms with Gasteiger partial charge >= 0.3 is 5.97 Å². The number of carbonyl (C=O) groups is 3. The molecular formula is C15H17NO4. The fourth-order valence-corrected chi connectivity index (χ4v) is 2.51. The third kappa shape index (κ3) is 1.90. The highest BCUT2D eigenvalue weighted by molar-refractivity contribution is 6.11. The Morgan fingerprint density at radius 2 is 1.80 bits per heavy atom. The quantitative estimate of drug-likeness (QED) is 0.850. The van der Waals surface area contributed by atoms with Crippen molar-refractivity contribution in [2.24, 2.45) is 0 Å². The normalized spacial score (nSPS) is 23.2. The average Bonchev–Trinajstić information content (AvgIpc) is 2.62. The van der Waals surface area contributed by atoms with Gasteiger partial charge in [-0.15, -0.1) is 0 Å². The van der Waals surface area contributed by atoms with Crippen molar-refractivity contribution in [2.45, 2.75) is 38.1 Å². The molecular weight excluding hydrogens is 258 g/mol. The SMILES string of the molecule is CC1(c2ccccc2)CC(=O)N(C(C)(C)C(=O)O)C1=O. The largest absolute Gasteiger partial charge is 0.480 e. The zero-order valence-electron chi connectivity index (χ0n) is 11.7. The molecule has 1 aliphatic rings. The van der Waals surface area contributed by atoms with Crippen molar-refractivity contribution in [2.75, 3.05) is 0 Å². The maximum atomic E-state index is 12.6. The number of benzene rings is 1. The molecule has 1 N–H and O–H groups in total. The number of hydrogen-bond donors (Lipinski definition) is 1. The maximum absolute atomic E-state index is 12.6. The van der Waals surface area contributed by atoms with Crippen LogP contribution >= 0.6 is 0 Å². The van der Waals surface area contributed by atoms with Gasteiger partial charge in [0.25, 0.3) is 0 Å². The Balaban J connectivity index is 2.47. The number of hydrogen-bond acceptors (Lipinski definition) is 3. The van der Waals surface area contributed by atoms with Crippen molar-refractivity contribution in [3.8, 4) is 0 Å². The van der Waals surface area contributed by atoms with Crippen molar-refractivity contribution >= 4 is 17.8 Å². The highest BCUT2D eigenvalue weighted by Gasteiger charge is 2.55. The topological polar surface area (TPSA) is 74.7 Å². The van der Waals surface area contributed by atoms with Crippen molar-refractivity contribution in [1.82, 2.24) is 4.90 Å². The molecule has 1 heterocycles. The van der Waals surface area contributed by atoms with Gasteiger partial charge < -0.3 is 5.11 Å². The highest BCUT2D eigenvalue weighted by atomic mass is 16.4. The third-order valence-corrected chi connectivity index (χ3v) is 3.92. The van der Waals surface area contributed by atoms with E-state index in [1.54, 1.807) is 31.2 Å². The Labute approximate surface area is 117 Å². The van der Waals surface area contributed by atoms with Crippen LogP contribution in [0.3, 0.4) is 0 Å². The first kappa shape index (κ1) is 14.2. The van der Waals surface area contributed by atoms with E-state index in [1.165, 1.54) is 13.8 Å². The summed E-state index contributed by atoms with van der Waals surface area (Å²) in [6.07, 6.45) is -0.00738. The summed E-state index contributed by atoms with van der Waals surface area (Å²) in [4.78, 5) is 37.0. The van der Waals surface area contributed by atoms with Gasteiger partial charge in [-0.3, -0.25) is 14.5 Å². The van der Waals surface area contributed by atoms with Gasteiger partial charge in [0.05, 0.1) is 5.41 Å². The van der Waals surface area contributed by atoms with Gasteiger partial charge in [0.2, 0.25) is 11.8 Å². The van der Waals surface area contributed by atoms with Gasteiger partial charge in [0, 0.05) is 6.42 Å². The van der Waals surface area contributed by atoms with Crippen LogP contribution < -0.4 is 0 Å². The lowest BCUT2D eigenvalue weighted by Crippen LogP contribution is -2.54.